The zero-order valence-corrected chi connectivity index (χ0v) is 11.3. The Hall–Kier alpha value is -0.310. The maximum absolute atomic E-state index is 11.3. The first kappa shape index (κ1) is 14.7. The number of hydroxylamine groups is 1. The third-order valence-corrected chi connectivity index (χ3v) is 5.50. The smallest absolute Gasteiger partial charge is 0.253 e. The van der Waals surface area contributed by atoms with Gasteiger partial charge in [-0.2, -0.15) is 0 Å². The van der Waals surface area contributed by atoms with Crippen LogP contribution in [0.4, 0.5) is 0 Å². The Kier molecular flexibility index (Phi) is 6.24. The van der Waals surface area contributed by atoms with Gasteiger partial charge in [0.1, 0.15) is 0 Å². The van der Waals surface area contributed by atoms with Gasteiger partial charge in [0, 0.05) is 12.4 Å². The van der Waals surface area contributed by atoms with Crippen LogP contribution in [-0.2, 0) is 24.2 Å². The average Bonchev–Trinajstić information content (AvgIpc) is 2.62. The molecule has 6 nitrogen and oxygen atoms in total. The molecule has 0 spiro atoms. The van der Waals surface area contributed by atoms with Crippen LogP contribution in [0.2, 0.25) is 0 Å². The summed E-state index contributed by atoms with van der Waals surface area (Å²) in [6, 6.07) is 0. The van der Waals surface area contributed by atoms with Gasteiger partial charge < -0.3 is 4.74 Å². The standard InChI is InChI=1S/C9H17NO5S2/c1-14-3-4-15-10-9(11)6-16-8-2-5-17(12,13)7-8/h8H,2-7H2,1H3,(H,10,11). The van der Waals surface area contributed by atoms with Gasteiger partial charge in [-0.05, 0) is 6.42 Å². The maximum Gasteiger partial charge on any atom is 0.253 e. The van der Waals surface area contributed by atoms with Gasteiger partial charge in [-0.15, -0.1) is 11.8 Å². The summed E-state index contributed by atoms with van der Waals surface area (Å²) in [6.07, 6.45) is 0.630. The Morgan fingerprint density at radius 2 is 2.24 bits per heavy atom. The summed E-state index contributed by atoms with van der Waals surface area (Å²) in [5.41, 5.74) is 2.27. The van der Waals surface area contributed by atoms with Crippen molar-refractivity contribution in [3.8, 4) is 0 Å². The van der Waals surface area contributed by atoms with E-state index in [9.17, 15) is 13.2 Å². The summed E-state index contributed by atoms with van der Waals surface area (Å²) in [5.74, 6) is 0.370. The fourth-order valence-corrected chi connectivity index (χ4v) is 4.80. The van der Waals surface area contributed by atoms with Crippen molar-refractivity contribution in [2.75, 3.05) is 37.6 Å². The van der Waals surface area contributed by atoms with E-state index in [1.54, 1.807) is 7.11 Å². The molecular formula is C9H17NO5S2. The number of thioether (sulfide) groups is 1. The lowest BCUT2D eigenvalue weighted by atomic mass is 10.4. The molecule has 1 unspecified atom stereocenters. The Labute approximate surface area is 105 Å². The third-order valence-electron chi connectivity index (χ3n) is 2.22. The number of rotatable bonds is 7. The molecule has 100 valence electrons. The molecule has 0 aromatic carbocycles. The molecule has 1 rings (SSSR count). The highest BCUT2D eigenvalue weighted by Gasteiger charge is 2.28. The van der Waals surface area contributed by atoms with Crippen LogP contribution in [0.15, 0.2) is 0 Å². The lowest BCUT2D eigenvalue weighted by Crippen LogP contribution is -2.27. The molecule has 0 bridgehead atoms. The Bertz CT molecular complexity index is 343. The quantitative estimate of drug-likeness (QED) is 0.506. The van der Waals surface area contributed by atoms with Gasteiger partial charge in [-0.25, -0.2) is 13.9 Å². The number of sulfone groups is 1. The number of ether oxygens (including phenoxy) is 1. The second-order valence-electron chi connectivity index (χ2n) is 3.70. The van der Waals surface area contributed by atoms with Crippen LogP contribution in [0.5, 0.6) is 0 Å². The summed E-state index contributed by atoms with van der Waals surface area (Å²) in [4.78, 5) is 16.1. The summed E-state index contributed by atoms with van der Waals surface area (Å²) < 4.78 is 27.1. The van der Waals surface area contributed by atoms with E-state index in [0.717, 1.165) is 0 Å². The molecule has 0 aromatic rings. The third kappa shape index (κ3) is 6.25. The summed E-state index contributed by atoms with van der Waals surface area (Å²) in [5, 5.41) is 0.0322. The Balaban J connectivity index is 2.08. The van der Waals surface area contributed by atoms with Gasteiger partial charge in [0.25, 0.3) is 5.91 Å². The molecule has 1 heterocycles. The van der Waals surface area contributed by atoms with E-state index in [-0.39, 0.29) is 28.4 Å². The molecule has 1 aliphatic rings. The minimum absolute atomic E-state index is 0.0322. The van der Waals surface area contributed by atoms with Crippen molar-refractivity contribution in [1.29, 1.82) is 0 Å². The monoisotopic (exact) mass is 283 g/mol. The van der Waals surface area contributed by atoms with E-state index in [4.69, 9.17) is 9.57 Å². The SMILES string of the molecule is COCCONC(=O)CSC1CCS(=O)(=O)C1. The van der Waals surface area contributed by atoms with Gasteiger partial charge in [0.15, 0.2) is 9.84 Å². The number of nitrogens with one attached hydrogen (secondary N) is 1. The van der Waals surface area contributed by atoms with Gasteiger partial charge in [0.2, 0.25) is 0 Å². The van der Waals surface area contributed by atoms with Gasteiger partial charge >= 0.3 is 0 Å². The predicted molar refractivity (Wildman–Crippen MR) is 65.5 cm³/mol. The average molecular weight is 283 g/mol. The molecule has 1 aliphatic heterocycles. The van der Waals surface area contributed by atoms with Crippen LogP contribution in [0.25, 0.3) is 0 Å². The van der Waals surface area contributed by atoms with Crippen LogP contribution < -0.4 is 5.48 Å². The fraction of sp³-hybridized carbons (Fsp3) is 0.889. The zero-order valence-electron chi connectivity index (χ0n) is 9.68. The largest absolute Gasteiger partial charge is 0.382 e. The highest BCUT2D eigenvalue weighted by Crippen LogP contribution is 2.23. The molecule has 1 atom stereocenters. The van der Waals surface area contributed by atoms with Gasteiger partial charge in [-0.3, -0.25) is 9.63 Å². The topological polar surface area (TPSA) is 81.7 Å². The fourth-order valence-electron chi connectivity index (χ4n) is 1.37. The minimum Gasteiger partial charge on any atom is -0.382 e. The highest BCUT2D eigenvalue weighted by atomic mass is 32.2. The lowest BCUT2D eigenvalue weighted by Gasteiger charge is -2.08. The zero-order chi connectivity index (χ0) is 12.7. The molecule has 1 amide bonds. The van der Waals surface area contributed by atoms with E-state index in [1.807, 2.05) is 0 Å². The number of methoxy groups -OCH3 is 1. The molecule has 1 fully saturated rings. The predicted octanol–water partition coefficient (Wildman–Crippen LogP) is -0.399. The normalized spacial score (nSPS) is 22.5. The lowest BCUT2D eigenvalue weighted by molar-refractivity contribution is -0.131. The molecule has 0 aliphatic carbocycles. The van der Waals surface area contributed by atoms with E-state index < -0.39 is 9.84 Å². The van der Waals surface area contributed by atoms with Crippen molar-refractivity contribution >= 4 is 27.5 Å². The van der Waals surface area contributed by atoms with E-state index >= 15 is 0 Å². The van der Waals surface area contributed by atoms with Crippen molar-refractivity contribution in [3.63, 3.8) is 0 Å². The van der Waals surface area contributed by atoms with Crippen LogP contribution in [0.1, 0.15) is 6.42 Å². The molecule has 0 aromatic heterocycles. The van der Waals surface area contributed by atoms with E-state index in [0.29, 0.717) is 19.6 Å². The molecule has 1 N–H and O–H groups in total. The summed E-state index contributed by atoms with van der Waals surface area (Å²) >= 11 is 1.36. The molecule has 0 radical (unpaired) electrons. The first-order valence-corrected chi connectivity index (χ1v) is 8.12. The van der Waals surface area contributed by atoms with Crippen molar-refractivity contribution in [2.24, 2.45) is 0 Å². The van der Waals surface area contributed by atoms with E-state index in [2.05, 4.69) is 5.48 Å². The van der Waals surface area contributed by atoms with Crippen molar-refractivity contribution in [3.05, 3.63) is 0 Å². The van der Waals surface area contributed by atoms with Crippen molar-refractivity contribution in [1.82, 2.24) is 5.48 Å². The Morgan fingerprint density at radius 1 is 1.47 bits per heavy atom. The first-order valence-electron chi connectivity index (χ1n) is 5.25. The number of hydrogen-bond donors (Lipinski definition) is 1. The van der Waals surface area contributed by atoms with Crippen LogP contribution in [0, 0.1) is 0 Å². The minimum atomic E-state index is -2.87. The van der Waals surface area contributed by atoms with Crippen LogP contribution in [0.3, 0.4) is 0 Å². The van der Waals surface area contributed by atoms with Crippen molar-refractivity contribution in [2.45, 2.75) is 11.7 Å². The van der Waals surface area contributed by atoms with Crippen LogP contribution in [-0.4, -0.2) is 57.2 Å². The second kappa shape index (κ2) is 7.20. The number of amides is 1. The molecule has 17 heavy (non-hydrogen) atoms. The molecular weight excluding hydrogens is 266 g/mol. The maximum atomic E-state index is 11.3. The number of hydrogen-bond acceptors (Lipinski definition) is 6. The van der Waals surface area contributed by atoms with Gasteiger partial charge in [0.05, 0.1) is 30.5 Å². The molecule has 8 heteroatoms. The first-order chi connectivity index (χ1) is 8.03. The van der Waals surface area contributed by atoms with Gasteiger partial charge in [-0.1, -0.05) is 0 Å². The number of carbonyl (C=O) groups is 1. The second-order valence-corrected chi connectivity index (χ2v) is 7.22. The molecule has 0 saturated carbocycles. The van der Waals surface area contributed by atoms with Crippen molar-refractivity contribution < 1.29 is 22.8 Å². The number of carbonyl (C=O) groups excluding carboxylic acids is 1. The highest BCUT2D eigenvalue weighted by molar-refractivity contribution is 8.02. The Morgan fingerprint density at radius 3 is 2.82 bits per heavy atom. The van der Waals surface area contributed by atoms with E-state index in [1.165, 1.54) is 11.8 Å². The summed E-state index contributed by atoms with van der Waals surface area (Å²) in [6.45, 7) is 0.707. The molecule has 1 saturated heterocycles. The van der Waals surface area contributed by atoms with Crippen LogP contribution >= 0.6 is 11.8 Å². The summed E-state index contributed by atoms with van der Waals surface area (Å²) in [7, 11) is -1.32.